The molecule has 4 heteroatoms. The van der Waals surface area contributed by atoms with Crippen molar-refractivity contribution in [3.63, 3.8) is 0 Å². The molecule has 0 radical (unpaired) electrons. The first kappa shape index (κ1) is 14.6. The molecule has 0 spiro atoms. The smallest absolute Gasteiger partial charge is 0.141 e. The molecule has 106 valence electrons. The van der Waals surface area contributed by atoms with Gasteiger partial charge in [-0.3, -0.25) is 9.97 Å². The van der Waals surface area contributed by atoms with Gasteiger partial charge in [-0.05, 0) is 49.6 Å². The quantitative estimate of drug-likeness (QED) is 0.841. The Morgan fingerprint density at radius 1 is 1.30 bits per heavy atom. The SMILES string of the molecule is CCCNC(CCc1ccccn1)c1cncc(F)c1. The van der Waals surface area contributed by atoms with E-state index in [1.165, 1.54) is 6.20 Å². The third-order valence-corrected chi connectivity index (χ3v) is 3.18. The molecule has 2 aromatic rings. The molecular formula is C16H20FN3. The van der Waals surface area contributed by atoms with Gasteiger partial charge in [0.1, 0.15) is 5.82 Å². The molecule has 0 aliphatic heterocycles. The molecule has 0 fully saturated rings. The monoisotopic (exact) mass is 273 g/mol. The number of hydrogen-bond acceptors (Lipinski definition) is 3. The summed E-state index contributed by atoms with van der Waals surface area (Å²) in [5, 5.41) is 3.45. The minimum atomic E-state index is -0.288. The molecule has 0 saturated heterocycles. The Hall–Kier alpha value is -1.81. The molecule has 0 aliphatic carbocycles. The Kier molecular flexibility index (Phi) is 5.62. The molecule has 1 unspecified atom stereocenters. The van der Waals surface area contributed by atoms with Crippen LogP contribution in [0.2, 0.25) is 0 Å². The average molecular weight is 273 g/mol. The van der Waals surface area contributed by atoms with Crippen LogP contribution in [0.3, 0.4) is 0 Å². The molecule has 0 saturated carbocycles. The van der Waals surface area contributed by atoms with Gasteiger partial charge in [-0.1, -0.05) is 13.0 Å². The molecule has 0 aliphatic rings. The fraction of sp³-hybridized carbons (Fsp3) is 0.375. The van der Waals surface area contributed by atoms with Crippen LogP contribution >= 0.6 is 0 Å². The van der Waals surface area contributed by atoms with Crippen molar-refractivity contribution in [1.29, 1.82) is 0 Å². The van der Waals surface area contributed by atoms with Gasteiger partial charge in [-0.15, -0.1) is 0 Å². The highest BCUT2D eigenvalue weighted by Crippen LogP contribution is 2.18. The maximum atomic E-state index is 13.3. The molecule has 0 bridgehead atoms. The lowest BCUT2D eigenvalue weighted by Gasteiger charge is -2.18. The first-order valence-corrected chi connectivity index (χ1v) is 7.03. The number of nitrogens with one attached hydrogen (secondary N) is 1. The molecule has 0 amide bonds. The fourth-order valence-electron chi connectivity index (χ4n) is 2.16. The maximum Gasteiger partial charge on any atom is 0.141 e. The van der Waals surface area contributed by atoms with Crippen LogP contribution in [-0.4, -0.2) is 16.5 Å². The zero-order chi connectivity index (χ0) is 14.2. The van der Waals surface area contributed by atoms with Gasteiger partial charge in [0.2, 0.25) is 0 Å². The standard InChI is InChI=1S/C16H20FN3/c1-2-8-20-16(13-10-14(17)12-18-11-13)7-6-15-5-3-4-9-19-15/h3-5,9-12,16,20H,2,6-8H2,1H3. The Morgan fingerprint density at radius 3 is 2.90 bits per heavy atom. The number of pyridine rings is 2. The molecule has 3 nitrogen and oxygen atoms in total. The minimum Gasteiger partial charge on any atom is -0.310 e. The van der Waals surface area contributed by atoms with Crippen molar-refractivity contribution in [3.05, 3.63) is 59.9 Å². The van der Waals surface area contributed by atoms with E-state index in [2.05, 4.69) is 22.2 Å². The molecule has 2 aromatic heterocycles. The Morgan fingerprint density at radius 2 is 2.20 bits per heavy atom. The Labute approximate surface area is 119 Å². The van der Waals surface area contributed by atoms with Gasteiger partial charge in [0.05, 0.1) is 6.20 Å². The second kappa shape index (κ2) is 7.70. The van der Waals surface area contributed by atoms with E-state index in [-0.39, 0.29) is 11.9 Å². The van der Waals surface area contributed by atoms with Crippen LogP contribution in [0.1, 0.15) is 37.1 Å². The van der Waals surface area contributed by atoms with Crippen LogP contribution < -0.4 is 5.32 Å². The predicted molar refractivity (Wildman–Crippen MR) is 77.8 cm³/mol. The predicted octanol–water partition coefficient (Wildman–Crippen LogP) is 3.29. The van der Waals surface area contributed by atoms with Crippen molar-refractivity contribution in [1.82, 2.24) is 15.3 Å². The molecule has 1 N–H and O–H groups in total. The lowest BCUT2D eigenvalue weighted by atomic mass is 10.0. The Balaban J connectivity index is 2.03. The first-order chi connectivity index (χ1) is 9.79. The molecule has 20 heavy (non-hydrogen) atoms. The van der Waals surface area contributed by atoms with E-state index in [4.69, 9.17) is 0 Å². The topological polar surface area (TPSA) is 37.8 Å². The fourth-order valence-corrected chi connectivity index (χ4v) is 2.16. The van der Waals surface area contributed by atoms with E-state index in [0.29, 0.717) is 0 Å². The van der Waals surface area contributed by atoms with Crippen molar-refractivity contribution in [2.45, 2.75) is 32.2 Å². The Bertz CT molecular complexity index is 516. The summed E-state index contributed by atoms with van der Waals surface area (Å²) in [6.45, 7) is 3.02. The van der Waals surface area contributed by atoms with E-state index in [0.717, 1.165) is 37.1 Å². The summed E-state index contributed by atoms with van der Waals surface area (Å²) in [5.74, 6) is -0.288. The van der Waals surface area contributed by atoms with Crippen LogP contribution in [0.5, 0.6) is 0 Å². The lowest BCUT2D eigenvalue weighted by molar-refractivity contribution is 0.491. The summed E-state index contributed by atoms with van der Waals surface area (Å²) >= 11 is 0. The number of halogens is 1. The second-order valence-electron chi connectivity index (χ2n) is 4.80. The van der Waals surface area contributed by atoms with E-state index in [1.54, 1.807) is 18.5 Å². The van der Waals surface area contributed by atoms with Gasteiger partial charge in [0.15, 0.2) is 0 Å². The number of rotatable bonds is 7. The zero-order valence-electron chi connectivity index (χ0n) is 11.7. The highest BCUT2D eigenvalue weighted by molar-refractivity contribution is 5.16. The zero-order valence-corrected chi connectivity index (χ0v) is 11.7. The van der Waals surface area contributed by atoms with Gasteiger partial charge in [0, 0.05) is 24.1 Å². The molecule has 0 aromatic carbocycles. The van der Waals surface area contributed by atoms with Crippen molar-refractivity contribution in [2.24, 2.45) is 0 Å². The summed E-state index contributed by atoms with van der Waals surface area (Å²) in [4.78, 5) is 8.26. The largest absolute Gasteiger partial charge is 0.310 e. The van der Waals surface area contributed by atoms with Crippen LogP contribution in [0.4, 0.5) is 4.39 Å². The van der Waals surface area contributed by atoms with Crippen LogP contribution in [-0.2, 0) is 6.42 Å². The normalized spacial score (nSPS) is 12.3. The summed E-state index contributed by atoms with van der Waals surface area (Å²) in [7, 11) is 0. The van der Waals surface area contributed by atoms with E-state index >= 15 is 0 Å². The number of aryl methyl sites for hydroxylation is 1. The molecule has 1 atom stereocenters. The van der Waals surface area contributed by atoms with Crippen LogP contribution in [0.25, 0.3) is 0 Å². The van der Waals surface area contributed by atoms with E-state index in [9.17, 15) is 4.39 Å². The summed E-state index contributed by atoms with van der Waals surface area (Å²) in [6.07, 6.45) is 7.55. The van der Waals surface area contributed by atoms with Crippen molar-refractivity contribution in [3.8, 4) is 0 Å². The molecule has 2 heterocycles. The van der Waals surface area contributed by atoms with Crippen molar-refractivity contribution < 1.29 is 4.39 Å². The minimum absolute atomic E-state index is 0.111. The molecule has 2 rings (SSSR count). The highest BCUT2D eigenvalue weighted by Gasteiger charge is 2.12. The average Bonchev–Trinajstić information content (AvgIpc) is 2.48. The summed E-state index contributed by atoms with van der Waals surface area (Å²) < 4.78 is 13.3. The maximum absolute atomic E-state index is 13.3. The number of nitrogens with zero attached hydrogens (tertiary/aromatic N) is 2. The van der Waals surface area contributed by atoms with Gasteiger partial charge in [-0.2, -0.15) is 0 Å². The van der Waals surface area contributed by atoms with E-state index in [1.807, 2.05) is 18.2 Å². The van der Waals surface area contributed by atoms with Crippen LogP contribution in [0, 0.1) is 5.82 Å². The number of aromatic nitrogens is 2. The first-order valence-electron chi connectivity index (χ1n) is 7.03. The van der Waals surface area contributed by atoms with Gasteiger partial charge >= 0.3 is 0 Å². The third-order valence-electron chi connectivity index (χ3n) is 3.18. The third kappa shape index (κ3) is 4.38. The van der Waals surface area contributed by atoms with Gasteiger partial charge in [-0.25, -0.2) is 4.39 Å². The van der Waals surface area contributed by atoms with Gasteiger partial charge in [0.25, 0.3) is 0 Å². The second-order valence-corrected chi connectivity index (χ2v) is 4.80. The van der Waals surface area contributed by atoms with Crippen molar-refractivity contribution >= 4 is 0 Å². The van der Waals surface area contributed by atoms with Crippen LogP contribution in [0.15, 0.2) is 42.9 Å². The molecular weight excluding hydrogens is 253 g/mol. The summed E-state index contributed by atoms with van der Waals surface area (Å²) in [5.41, 5.74) is 1.95. The lowest BCUT2D eigenvalue weighted by Crippen LogP contribution is -2.23. The van der Waals surface area contributed by atoms with E-state index < -0.39 is 0 Å². The highest BCUT2D eigenvalue weighted by atomic mass is 19.1. The van der Waals surface area contributed by atoms with Gasteiger partial charge < -0.3 is 5.32 Å². The van der Waals surface area contributed by atoms with Crippen molar-refractivity contribution in [2.75, 3.05) is 6.54 Å². The summed E-state index contributed by atoms with van der Waals surface area (Å²) in [6, 6.07) is 7.58. The number of hydrogen-bond donors (Lipinski definition) is 1.